The van der Waals surface area contributed by atoms with Gasteiger partial charge in [-0.15, -0.1) is 0 Å². The number of rotatable bonds is 3. The fraction of sp³-hybridized carbons (Fsp3) is 0.500. The Hall–Kier alpha value is -0.640. The molecule has 2 atom stereocenters. The summed E-state index contributed by atoms with van der Waals surface area (Å²) in [5.74, 6) is -0.253. The Balaban J connectivity index is 2.41. The lowest BCUT2D eigenvalue weighted by molar-refractivity contribution is -0.134. The van der Waals surface area contributed by atoms with Crippen molar-refractivity contribution >= 4 is 28.2 Å². The van der Waals surface area contributed by atoms with Crippen molar-refractivity contribution in [2.45, 2.75) is 10.7 Å². The third-order valence-electron chi connectivity index (χ3n) is 1.85. The van der Waals surface area contributed by atoms with Gasteiger partial charge in [0.05, 0.1) is 11.4 Å². The Bertz CT molecular complexity index is 236. The highest BCUT2D eigenvalue weighted by molar-refractivity contribution is 9.10. The summed E-state index contributed by atoms with van der Waals surface area (Å²) in [6.45, 7) is 0. The molecule has 0 saturated heterocycles. The van der Waals surface area contributed by atoms with E-state index >= 15 is 0 Å². The average Bonchev–Trinajstić information content (AvgIpc) is 2.74. The second kappa shape index (κ2) is 3.39. The topological polar surface area (TPSA) is 43.4 Å². The van der Waals surface area contributed by atoms with Crippen LogP contribution in [0.3, 0.4) is 0 Å². The van der Waals surface area contributed by atoms with Crippen molar-refractivity contribution in [1.82, 2.24) is 0 Å². The van der Waals surface area contributed by atoms with Gasteiger partial charge < -0.3 is 9.53 Å². The van der Waals surface area contributed by atoms with Gasteiger partial charge >= 0.3 is 5.97 Å². The van der Waals surface area contributed by atoms with Crippen LogP contribution in [0.15, 0.2) is 12.2 Å². The maximum atomic E-state index is 10.6. The van der Waals surface area contributed by atoms with Crippen LogP contribution in [0.4, 0.5) is 0 Å². The number of esters is 1. The van der Waals surface area contributed by atoms with E-state index in [4.69, 9.17) is 0 Å². The maximum absolute atomic E-state index is 10.6. The van der Waals surface area contributed by atoms with E-state index in [1.807, 2.05) is 0 Å². The lowest BCUT2D eigenvalue weighted by Gasteiger charge is -1.92. The number of ether oxygens (including phenoxy) is 1. The Morgan fingerprint density at radius 1 is 1.75 bits per heavy atom. The molecule has 0 heterocycles. The highest BCUT2D eigenvalue weighted by Gasteiger charge is 2.50. The summed E-state index contributed by atoms with van der Waals surface area (Å²) in [5, 5.41) is 0. The van der Waals surface area contributed by atoms with Crippen molar-refractivity contribution < 1.29 is 14.3 Å². The molecule has 1 aliphatic rings. The zero-order chi connectivity index (χ0) is 9.19. The second-order valence-electron chi connectivity index (χ2n) is 2.74. The van der Waals surface area contributed by atoms with Gasteiger partial charge in [-0.25, -0.2) is 4.79 Å². The number of carbonyl (C=O) groups excluding carboxylic acids is 2. The van der Waals surface area contributed by atoms with Gasteiger partial charge in [-0.05, 0) is 6.42 Å². The third-order valence-corrected chi connectivity index (χ3v) is 2.95. The second-order valence-corrected chi connectivity index (χ2v) is 4.21. The van der Waals surface area contributed by atoms with Gasteiger partial charge in [-0.2, -0.15) is 0 Å². The van der Waals surface area contributed by atoms with Crippen LogP contribution in [0.1, 0.15) is 6.42 Å². The molecule has 0 aromatic heterocycles. The van der Waals surface area contributed by atoms with Gasteiger partial charge in [-0.1, -0.05) is 22.0 Å². The number of hydrogen-bond acceptors (Lipinski definition) is 3. The zero-order valence-electron chi connectivity index (χ0n) is 6.62. The molecule has 0 N–H and O–H groups in total. The summed E-state index contributed by atoms with van der Waals surface area (Å²) >= 11 is 3.26. The fourth-order valence-electron chi connectivity index (χ4n) is 0.904. The quantitative estimate of drug-likeness (QED) is 0.317. The molecule has 4 heteroatoms. The predicted molar refractivity (Wildman–Crippen MR) is 47.0 cm³/mol. The standard InChI is InChI=1S/C8H9BrO3/c1-12-7(11)3-2-6-4-8(6,9)5-10/h2-3,5-6H,4H2,1H3/b3-2+/t6-,8-/m1/s1. The van der Waals surface area contributed by atoms with Gasteiger partial charge in [0.1, 0.15) is 6.29 Å². The van der Waals surface area contributed by atoms with Gasteiger partial charge in [0, 0.05) is 12.0 Å². The third kappa shape index (κ3) is 1.94. The molecule has 1 rings (SSSR count). The molecule has 0 unspecified atom stereocenters. The fourth-order valence-corrected chi connectivity index (χ4v) is 1.41. The normalized spacial score (nSPS) is 33.3. The Labute approximate surface area is 78.9 Å². The Kier molecular flexibility index (Phi) is 2.67. The van der Waals surface area contributed by atoms with Crippen molar-refractivity contribution in [3.05, 3.63) is 12.2 Å². The molecule has 0 aliphatic heterocycles. The van der Waals surface area contributed by atoms with Crippen molar-refractivity contribution in [3.8, 4) is 0 Å². The molecule has 0 aromatic carbocycles. The molecule has 0 amide bonds. The lowest BCUT2D eigenvalue weighted by atomic mass is 10.3. The Morgan fingerprint density at radius 2 is 2.42 bits per heavy atom. The molecule has 0 radical (unpaired) electrons. The summed E-state index contributed by atoms with van der Waals surface area (Å²) in [4.78, 5) is 21.0. The highest BCUT2D eigenvalue weighted by atomic mass is 79.9. The number of methoxy groups -OCH3 is 1. The van der Waals surface area contributed by atoms with Gasteiger partial charge in [0.2, 0.25) is 0 Å². The maximum Gasteiger partial charge on any atom is 0.330 e. The van der Waals surface area contributed by atoms with Crippen LogP contribution < -0.4 is 0 Å². The summed E-state index contributed by atoms with van der Waals surface area (Å²) < 4.78 is 3.98. The number of carbonyl (C=O) groups is 2. The molecule has 12 heavy (non-hydrogen) atoms. The van der Waals surface area contributed by atoms with Crippen molar-refractivity contribution in [2.75, 3.05) is 7.11 Å². The molecule has 0 aromatic rings. The molecule has 0 spiro atoms. The predicted octanol–water partition coefficient (Wildman–Crippen LogP) is 1.07. The van der Waals surface area contributed by atoms with Crippen molar-refractivity contribution in [3.63, 3.8) is 0 Å². The van der Waals surface area contributed by atoms with Gasteiger partial charge in [0.25, 0.3) is 0 Å². The van der Waals surface area contributed by atoms with Gasteiger partial charge in [0.15, 0.2) is 0 Å². The van der Waals surface area contributed by atoms with Gasteiger partial charge in [-0.3, -0.25) is 0 Å². The first-order valence-electron chi connectivity index (χ1n) is 3.54. The van der Waals surface area contributed by atoms with E-state index in [-0.39, 0.29) is 11.9 Å². The van der Waals surface area contributed by atoms with E-state index in [9.17, 15) is 9.59 Å². The highest BCUT2D eigenvalue weighted by Crippen LogP contribution is 2.50. The van der Waals surface area contributed by atoms with Crippen LogP contribution in [-0.4, -0.2) is 23.7 Å². The molecule has 1 aliphatic carbocycles. The molecular weight excluding hydrogens is 224 g/mol. The SMILES string of the molecule is COC(=O)/C=C/[C@@H]1C[C@@]1(Br)C=O. The summed E-state index contributed by atoms with van der Waals surface area (Å²) in [6.07, 6.45) is 4.65. The van der Waals surface area contributed by atoms with E-state index in [0.29, 0.717) is 0 Å². The molecule has 66 valence electrons. The molecule has 1 fully saturated rings. The number of allylic oxidation sites excluding steroid dienone is 1. The summed E-state index contributed by atoms with van der Waals surface area (Å²) in [6, 6.07) is 0. The molecule has 3 nitrogen and oxygen atoms in total. The molecule has 0 bridgehead atoms. The number of alkyl halides is 1. The van der Waals surface area contributed by atoms with Crippen LogP contribution in [-0.2, 0) is 14.3 Å². The van der Waals surface area contributed by atoms with E-state index in [1.54, 1.807) is 6.08 Å². The average molecular weight is 233 g/mol. The van der Waals surface area contributed by atoms with Crippen molar-refractivity contribution in [2.24, 2.45) is 5.92 Å². The molecule has 1 saturated carbocycles. The van der Waals surface area contributed by atoms with E-state index in [0.717, 1.165) is 12.7 Å². The van der Waals surface area contributed by atoms with Crippen LogP contribution in [0.2, 0.25) is 0 Å². The minimum absolute atomic E-state index is 0.133. The molecular formula is C8H9BrO3. The minimum Gasteiger partial charge on any atom is -0.466 e. The first-order chi connectivity index (χ1) is 5.62. The van der Waals surface area contributed by atoms with E-state index < -0.39 is 4.32 Å². The largest absolute Gasteiger partial charge is 0.466 e. The number of halogens is 1. The van der Waals surface area contributed by atoms with Crippen molar-refractivity contribution in [1.29, 1.82) is 0 Å². The van der Waals surface area contributed by atoms with Crippen LogP contribution in [0, 0.1) is 5.92 Å². The number of hydrogen-bond donors (Lipinski definition) is 0. The lowest BCUT2D eigenvalue weighted by Crippen LogP contribution is -2.01. The van der Waals surface area contributed by atoms with Crippen LogP contribution in [0.5, 0.6) is 0 Å². The first-order valence-corrected chi connectivity index (χ1v) is 4.33. The van der Waals surface area contributed by atoms with E-state index in [2.05, 4.69) is 20.7 Å². The number of aldehydes is 1. The van der Waals surface area contributed by atoms with Crippen LogP contribution in [0.25, 0.3) is 0 Å². The smallest absolute Gasteiger partial charge is 0.330 e. The first kappa shape index (κ1) is 9.45. The summed E-state index contributed by atoms with van der Waals surface area (Å²) in [5.41, 5.74) is 0. The monoisotopic (exact) mass is 232 g/mol. The zero-order valence-corrected chi connectivity index (χ0v) is 8.21. The van der Waals surface area contributed by atoms with E-state index in [1.165, 1.54) is 13.2 Å². The summed E-state index contributed by atoms with van der Waals surface area (Å²) in [7, 11) is 1.32. The van der Waals surface area contributed by atoms with Crippen LogP contribution >= 0.6 is 15.9 Å². The minimum atomic E-state index is -0.419. The Morgan fingerprint density at radius 3 is 2.83 bits per heavy atom.